The van der Waals surface area contributed by atoms with Gasteiger partial charge in [0.2, 0.25) is 0 Å². The highest BCUT2D eigenvalue weighted by atomic mass is 35.5. The van der Waals surface area contributed by atoms with E-state index in [-0.39, 0.29) is 11.7 Å². The molecule has 1 aromatic heterocycles. The quantitative estimate of drug-likeness (QED) is 0.690. The van der Waals surface area contributed by atoms with Crippen LogP contribution in [0.1, 0.15) is 27.3 Å². The van der Waals surface area contributed by atoms with Crippen molar-refractivity contribution in [2.75, 3.05) is 31.1 Å². The zero-order valence-electron chi connectivity index (χ0n) is 17.2. The molecule has 0 radical (unpaired) electrons. The minimum absolute atomic E-state index is 0.0194. The summed E-state index contributed by atoms with van der Waals surface area (Å²) in [5.74, 6) is 0.272. The van der Waals surface area contributed by atoms with Gasteiger partial charge in [-0.1, -0.05) is 35.9 Å². The summed E-state index contributed by atoms with van der Waals surface area (Å²) >= 11 is 6.29. The first-order valence-corrected chi connectivity index (χ1v) is 10.4. The van der Waals surface area contributed by atoms with Crippen molar-refractivity contribution >= 4 is 23.2 Å². The van der Waals surface area contributed by atoms with Crippen molar-refractivity contribution in [3.05, 3.63) is 76.1 Å². The zero-order valence-corrected chi connectivity index (χ0v) is 17.9. The first-order chi connectivity index (χ1) is 14.4. The lowest BCUT2D eigenvalue weighted by molar-refractivity contribution is 0.0745. The van der Waals surface area contributed by atoms with Crippen molar-refractivity contribution in [2.45, 2.75) is 20.4 Å². The van der Waals surface area contributed by atoms with Gasteiger partial charge in [0.15, 0.2) is 0 Å². The van der Waals surface area contributed by atoms with Crippen LogP contribution in [0.15, 0.2) is 48.5 Å². The number of carbonyl (C=O) groups excluding carboxylic acids is 1. The van der Waals surface area contributed by atoms with Gasteiger partial charge in [-0.3, -0.25) is 9.48 Å². The summed E-state index contributed by atoms with van der Waals surface area (Å²) in [4.78, 5) is 17.3. The molecule has 0 unspecified atom stereocenters. The zero-order chi connectivity index (χ0) is 21.3. The molecule has 1 N–H and O–H groups in total. The molecule has 1 saturated heterocycles. The number of benzene rings is 2. The van der Waals surface area contributed by atoms with Crippen LogP contribution in [0.5, 0.6) is 5.75 Å². The Morgan fingerprint density at radius 2 is 1.80 bits per heavy atom. The first kappa shape index (κ1) is 20.3. The average molecular weight is 425 g/mol. The Bertz CT molecular complexity index is 1070. The summed E-state index contributed by atoms with van der Waals surface area (Å²) < 4.78 is 1.85. The van der Waals surface area contributed by atoms with Crippen LogP contribution < -0.4 is 4.90 Å². The van der Waals surface area contributed by atoms with Crippen molar-refractivity contribution in [3.8, 4) is 5.75 Å². The topological polar surface area (TPSA) is 61.6 Å². The van der Waals surface area contributed by atoms with Gasteiger partial charge in [0.25, 0.3) is 5.91 Å². The number of aryl methyl sites for hydroxylation is 1. The molecule has 30 heavy (non-hydrogen) atoms. The highest BCUT2D eigenvalue weighted by Crippen LogP contribution is 2.24. The van der Waals surface area contributed by atoms with Gasteiger partial charge in [-0.05, 0) is 37.6 Å². The fourth-order valence-electron chi connectivity index (χ4n) is 3.96. The molecule has 156 valence electrons. The van der Waals surface area contributed by atoms with Crippen LogP contribution in [0.2, 0.25) is 5.02 Å². The third-order valence-corrected chi connectivity index (χ3v) is 6.00. The highest BCUT2D eigenvalue weighted by Gasteiger charge is 2.27. The number of aromatic hydroxyl groups is 1. The van der Waals surface area contributed by atoms with Crippen LogP contribution in [0.4, 0.5) is 5.69 Å². The standard InChI is InChI=1S/C23H25ClN4O2/c1-16-22(17(2)28(25-16)15-18-6-3-4-9-21(18)24)23(30)27-12-10-26(11-13-27)19-7-5-8-20(29)14-19/h3-9,14,29H,10-13,15H2,1-2H3. The van der Waals surface area contributed by atoms with Gasteiger partial charge in [-0.2, -0.15) is 5.10 Å². The second-order valence-corrected chi connectivity index (χ2v) is 8.00. The molecule has 1 amide bonds. The molecule has 6 nitrogen and oxygen atoms in total. The summed E-state index contributed by atoms with van der Waals surface area (Å²) in [6, 6.07) is 14.9. The summed E-state index contributed by atoms with van der Waals surface area (Å²) in [5, 5.41) is 15.0. The molecule has 3 aromatic rings. The van der Waals surface area contributed by atoms with Gasteiger partial charge in [0.05, 0.1) is 17.8 Å². The molecule has 4 rings (SSSR count). The summed E-state index contributed by atoms with van der Waals surface area (Å²) in [6.45, 7) is 7.05. The lowest BCUT2D eigenvalue weighted by Crippen LogP contribution is -2.49. The Hall–Kier alpha value is -2.99. The SMILES string of the molecule is Cc1nn(Cc2ccccc2Cl)c(C)c1C(=O)N1CCN(c2cccc(O)c2)CC1. The Kier molecular flexibility index (Phi) is 5.68. The number of carbonyl (C=O) groups is 1. The number of aromatic nitrogens is 2. The lowest BCUT2D eigenvalue weighted by Gasteiger charge is -2.36. The Labute approximate surface area is 181 Å². The van der Waals surface area contributed by atoms with Crippen molar-refractivity contribution in [3.63, 3.8) is 0 Å². The van der Waals surface area contributed by atoms with E-state index in [1.807, 2.05) is 59.8 Å². The van der Waals surface area contributed by atoms with Crippen LogP contribution in [-0.4, -0.2) is 51.9 Å². The van der Waals surface area contributed by atoms with E-state index in [9.17, 15) is 9.90 Å². The number of phenols is 1. The minimum atomic E-state index is 0.0194. The molecule has 2 aromatic carbocycles. The molecule has 7 heteroatoms. The van der Waals surface area contributed by atoms with Crippen LogP contribution >= 0.6 is 11.6 Å². The van der Waals surface area contributed by atoms with Crippen LogP contribution in [0.25, 0.3) is 0 Å². The van der Waals surface area contributed by atoms with Gasteiger partial charge in [-0.25, -0.2) is 0 Å². The molecule has 0 saturated carbocycles. The number of anilines is 1. The van der Waals surface area contributed by atoms with E-state index in [0.29, 0.717) is 30.2 Å². The number of hydrogen-bond acceptors (Lipinski definition) is 4. The molecule has 0 aliphatic carbocycles. The lowest BCUT2D eigenvalue weighted by atomic mass is 10.1. The Balaban J connectivity index is 1.48. The van der Waals surface area contributed by atoms with E-state index in [0.717, 1.165) is 35.7 Å². The van der Waals surface area contributed by atoms with Gasteiger partial charge in [0.1, 0.15) is 5.75 Å². The largest absolute Gasteiger partial charge is 0.508 e. The maximum Gasteiger partial charge on any atom is 0.257 e. The van der Waals surface area contributed by atoms with E-state index in [4.69, 9.17) is 11.6 Å². The number of hydrogen-bond donors (Lipinski definition) is 1. The number of phenolic OH excluding ortho intramolecular Hbond substituents is 1. The fraction of sp³-hybridized carbons (Fsp3) is 0.304. The third-order valence-electron chi connectivity index (χ3n) is 5.64. The number of halogens is 1. The maximum absolute atomic E-state index is 13.3. The summed E-state index contributed by atoms with van der Waals surface area (Å²) in [5.41, 5.74) is 4.21. The monoisotopic (exact) mass is 424 g/mol. The maximum atomic E-state index is 13.3. The first-order valence-electron chi connectivity index (χ1n) is 10.0. The van der Waals surface area contributed by atoms with E-state index < -0.39 is 0 Å². The Morgan fingerprint density at radius 3 is 2.50 bits per heavy atom. The van der Waals surface area contributed by atoms with Crippen molar-refractivity contribution in [1.29, 1.82) is 0 Å². The predicted octanol–water partition coefficient (Wildman–Crippen LogP) is 3.87. The van der Waals surface area contributed by atoms with E-state index in [2.05, 4.69) is 10.00 Å². The molecule has 1 aliphatic heterocycles. The summed E-state index contributed by atoms with van der Waals surface area (Å²) in [6.07, 6.45) is 0. The number of nitrogens with zero attached hydrogens (tertiary/aromatic N) is 4. The minimum Gasteiger partial charge on any atom is -0.508 e. The normalized spacial score (nSPS) is 14.2. The van der Waals surface area contributed by atoms with Crippen LogP contribution in [-0.2, 0) is 6.54 Å². The number of rotatable bonds is 4. The predicted molar refractivity (Wildman–Crippen MR) is 118 cm³/mol. The molecule has 0 spiro atoms. The van der Waals surface area contributed by atoms with E-state index in [1.54, 1.807) is 12.1 Å². The fourth-order valence-corrected chi connectivity index (χ4v) is 4.16. The molecule has 0 bridgehead atoms. The van der Waals surface area contributed by atoms with Gasteiger partial charge >= 0.3 is 0 Å². The second-order valence-electron chi connectivity index (χ2n) is 7.59. The molecule has 2 heterocycles. The molecule has 1 aliphatic rings. The van der Waals surface area contributed by atoms with Crippen molar-refractivity contribution in [2.24, 2.45) is 0 Å². The molecule has 1 fully saturated rings. The van der Waals surface area contributed by atoms with Gasteiger partial charge in [0, 0.05) is 48.6 Å². The Morgan fingerprint density at radius 1 is 1.07 bits per heavy atom. The van der Waals surface area contributed by atoms with Crippen molar-refractivity contribution < 1.29 is 9.90 Å². The van der Waals surface area contributed by atoms with E-state index in [1.165, 1.54) is 0 Å². The van der Waals surface area contributed by atoms with E-state index >= 15 is 0 Å². The van der Waals surface area contributed by atoms with Gasteiger partial charge in [-0.15, -0.1) is 0 Å². The summed E-state index contributed by atoms with van der Waals surface area (Å²) in [7, 11) is 0. The van der Waals surface area contributed by atoms with Crippen molar-refractivity contribution in [1.82, 2.24) is 14.7 Å². The van der Waals surface area contributed by atoms with Crippen LogP contribution in [0.3, 0.4) is 0 Å². The van der Waals surface area contributed by atoms with Gasteiger partial charge < -0.3 is 14.9 Å². The smallest absolute Gasteiger partial charge is 0.257 e. The highest BCUT2D eigenvalue weighted by molar-refractivity contribution is 6.31. The average Bonchev–Trinajstić information content (AvgIpc) is 3.02. The second kappa shape index (κ2) is 8.40. The number of amides is 1. The number of piperazine rings is 1. The van der Waals surface area contributed by atoms with Crippen LogP contribution in [0, 0.1) is 13.8 Å². The molecular weight excluding hydrogens is 400 g/mol. The molecule has 0 atom stereocenters. The molecular formula is C23H25ClN4O2. The third kappa shape index (κ3) is 4.00.